The molecule has 20 nitrogen and oxygen atoms in total. The van der Waals surface area contributed by atoms with Crippen LogP contribution in [0.15, 0.2) is 43.1 Å². The molecule has 3 aromatic heterocycles. The molecule has 20 heteroatoms. The SMILES string of the molecule is COCCOCCOCCOCCOCCOCCCOc1nn([C@H]2CC[C@H](N3[C@@H]4CC[C@H]3COC4)CC2)cc1Nc1ncc(-c2ccc(C#N)c(O[C@@H](C)Cn3cnnn3)c2)cn1. The average Bonchev–Trinajstić information content (AvgIpc) is 4.04. The van der Waals surface area contributed by atoms with Gasteiger partial charge in [0, 0.05) is 56.2 Å². The Labute approximate surface area is 374 Å². The molecule has 1 aromatic carbocycles. The second-order valence-electron chi connectivity index (χ2n) is 16.1. The Bertz CT molecular complexity index is 1960. The molecule has 7 rings (SSSR count). The van der Waals surface area contributed by atoms with Crippen molar-refractivity contribution in [3.8, 4) is 28.8 Å². The van der Waals surface area contributed by atoms with Gasteiger partial charge in [0.1, 0.15) is 29.9 Å². The summed E-state index contributed by atoms with van der Waals surface area (Å²) in [5.41, 5.74) is 2.69. The third kappa shape index (κ3) is 14.1. The average molecular weight is 890 g/mol. The molecule has 3 atom stereocenters. The highest BCUT2D eigenvalue weighted by Gasteiger charge is 2.42. The first-order chi connectivity index (χ1) is 31.6. The molecule has 2 saturated heterocycles. The van der Waals surface area contributed by atoms with Crippen LogP contribution in [0, 0.1) is 11.3 Å². The minimum atomic E-state index is -0.287. The summed E-state index contributed by atoms with van der Waals surface area (Å²) in [6.45, 7) is 10.2. The Balaban J connectivity index is 0.881. The lowest BCUT2D eigenvalue weighted by molar-refractivity contribution is -0.0458. The molecule has 1 saturated carbocycles. The smallest absolute Gasteiger partial charge is 0.256 e. The van der Waals surface area contributed by atoms with E-state index in [4.69, 9.17) is 47.7 Å². The number of nitrogens with one attached hydrogen (secondary N) is 1. The van der Waals surface area contributed by atoms with Crippen LogP contribution in [-0.2, 0) is 39.7 Å². The summed E-state index contributed by atoms with van der Waals surface area (Å²) in [5.74, 6) is 1.36. The van der Waals surface area contributed by atoms with Crippen molar-refractivity contribution in [1.82, 2.24) is 44.9 Å². The van der Waals surface area contributed by atoms with Crippen LogP contribution >= 0.6 is 0 Å². The summed E-state index contributed by atoms with van der Waals surface area (Å²) in [5, 5.41) is 29.3. The number of benzene rings is 1. The summed E-state index contributed by atoms with van der Waals surface area (Å²) in [4.78, 5) is 12.1. The lowest BCUT2D eigenvalue weighted by Crippen LogP contribution is -2.52. The molecule has 64 heavy (non-hydrogen) atoms. The number of methoxy groups -OCH3 is 1. The van der Waals surface area contributed by atoms with Gasteiger partial charge < -0.3 is 47.9 Å². The van der Waals surface area contributed by atoms with E-state index in [0.717, 1.165) is 50.0 Å². The molecule has 2 bridgehead atoms. The summed E-state index contributed by atoms with van der Waals surface area (Å²) < 4.78 is 54.7. The minimum Gasteiger partial charge on any atom is -0.487 e. The second-order valence-corrected chi connectivity index (χ2v) is 16.1. The Morgan fingerprint density at radius 2 is 1.41 bits per heavy atom. The van der Waals surface area contributed by atoms with Gasteiger partial charge >= 0.3 is 0 Å². The van der Waals surface area contributed by atoms with Gasteiger partial charge in [0.15, 0.2) is 0 Å². The first-order valence-corrected chi connectivity index (χ1v) is 22.5. The zero-order valence-electron chi connectivity index (χ0n) is 37.1. The maximum absolute atomic E-state index is 9.76. The van der Waals surface area contributed by atoms with Crippen molar-refractivity contribution in [3.63, 3.8) is 0 Å². The molecular formula is C44H63N11O9. The maximum atomic E-state index is 9.76. The number of anilines is 2. The van der Waals surface area contributed by atoms with Crippen LogP contribution in [0.2, 0.25) is 0 Å². The predicted molar refractivity (Wildman–Crippen MR) is 232 cm³/mol. The molecule has 0 amide bonds. The molecule has 0 unspecified atom stereocenters. The highest BCUT2D eigenvalue weighted by Crippen LogP contribution is 2.39. The predicted octanol–water partition coefficient (Wildman–Crippen LogP) is 4.25. The van der Waals surface area contributed by atoms with Crippen molar-refractivity contribution in [2.45, 2.75) is 88.7 Å². The van der Waals surface area contributed by atoms with E-state index in [1.54, 1.807) is 30.3 Å². The van der Waals surface area contributed by atoms with Crippen molar-refractivity contribution < 1.29 is 42.6 Å². The van der Waals surface area contributed by atoms with Gasteiger partial charge in [-0.2, -0.15) is 5.26 Å². The van der Waals surface area contributed by atoms with Crippen LogP contribution in [0.5, 0.6) is 11.6 Å². The second kappa shape index (κ2) is 25.6. The Kier molecular flexibility index (Phi) is 18.8. The molecule has 3 aliphatic rings. The van der Waals surface area contributed by atoms with E-state index in [9.17, 15) is 5.26 Å². The maximum Gasteiger partial charge on any atom is 0.256 e. The zero-order valence-corrected chi connectivity index (χ0v) is 37.1. The lowest BCUT2D eigenvalue weighted by atomic mass is 9.89. The van der Waals surface area contributed by atoms with Gasteiger partial charge in [0.25, 0.3) is 5.88 Å². The first kappa shape index (κ1) is 47.1. The van der Waals surface area contributed by atoms with Gasteiger partial charge in [-0.25, -0.2) is 14.6 Å². The first-order valence-electron chi connectivity index (χ1n) is 22.5. The van der Waals surface area contributed by atoms with E-state index in [-0.39, 0.29) is 12.1 Å². The van der Waals surface area contributed by atoms with E-state index in [1.165, 1.54) is 19.2 Å². The quantitative estimate of drug-likeness (QED) is 0.0756. The van der Waals surface area contributed by atoms with Crippen molar-refractivity contribution in [2.75, 3.05) is 105 Å². The number of rotatable bonds is 29. The molecule has 348 valence electrons. The molecule has 3 fully saturated rings. The molecule has 5 heterocycles. The van der Waals surface area contributed by atoms with E-state index in [2.05, 4.69) is 46.5 Å². The number of ether oxygens (including phenoxy) is 9. The third-order valence-corrected chi connectivity index (χ3v) is 11.5. The number of nitrogens with zero attached hydrogens (tertiary/aromatic N) is 10. The van der Waals surface area contributed by atoms with E-state index in [0.29, 0.717) is 139 Å². The van der Waals surface area contributed by atoms with Crippen LogP contribution in [-0.4, -0.2) is 169 Å². The van der Waals surface area contributed by atoms with Crippen molar-refractivity contribution >= 4 is 11.6 Å². The number of morpholine rings is 1. The monoisotopic (exact) mass is 889 g/mol. The van der Waals surface area contributed by atoms with Gasteiger partial charge in [-0.3, -0.25) is 9.58 Å². The molecule has 2 aliphatic heterocycles. The van der Waals surface area contributed by atoms with Crippen LogP contribution in [0.1, 0.15) is 63.5 Å². The molecule has 0 spiro atoms. The van der Waals surface area contributed by atoms with Crippen molar-refractivity contribution in [1.29, 1.82) is 5.26 Å². The molecular weight excluding hydrogens is 827 g/mol. The van der Waals surface area contributed by atoms with Gasteiger partial charge in [-0.05, 0) is 73.6 Å². The van der Waals surface area contributed by atoms with Crippen molar-refractivity contribution in [2.24, 2.45) is 0 Å². The highest BCUT2D eigenvalue weighted by atomic mass is 16.6. The summed E-state index contributed by atoms with van der Waals surface area (Å²) >= 11 is 0. The number of aromatic nitrogens is 8. The standard InChI is InChI=1S/C44H63N11O9/c1-33(28-53-32-48-51-52-53)64-42-24-34(4-5-35(42)25-45)36-26-46-44(47-27-36)49-41-29-54(37-6-8-38(9-7-37)55-39-10-11-40(55)31-62-30-39)50-43(41)63-13-3-12-57-16-17-59-20-21-61-23-22-60-19-18-58-15-14-56-2/h4-5,24,26-27,29,32-33,37-40H,3,6-23,28,30-31H2,1-2H3,(H,46,47,49)/t33-,37-,38-,39-,40+/m0/s1. The van der Waals surface area contributed by atoms with Crippen LogP contribution in [0.3, 0.4) is 0 Å². The zero-order chi connectivity index (χ0) is 44.2. The number of tetrazole rings is 1. The van der Waals surface area contributed by atoms with Crippen LogP contribution in [0.25, 0.3) is 11.1 Å². The third-order valence-electron chi connectivity index (χ3n) is 11.5. The molecule has 1 N–H and O–H groups in total. The summed E-state index contributed by atoms with van der Waals surface area (Å²) in [7, 11) is 1.65. The number of fused-ring (bicyclic) bond motifs is 2. The van der Waals surface area contributed by atoms with Crippen LogP contribution < -0.4 is 14.8 Å². The fourth-order valence-electron chi connectivity index (χ4n) is 8.42. The Morgan fingerprint density at radius 1 is 0.781 bits per heavy atom. The molecule has 1 aliphatic carbocycles. The highest BCUT2D eigenvalue weighted by molar-refractivity contribution is 5.67. The summed E-state index contributed by atoms with van der Waals surface area (Å²) in [6.07, 6.45) is 14.3. The van der Waals surface area contributed by atoms with Gasteiger partial charge in [0.2, 0.25) is 5.95 Å². The largest absolute Gasteiger partial charge is 0.487 e. The normalized spacial score (nSPS) is 20.3. The van der Waals surface area contributed by atoms with E-state index >= 15 is 0 Å². The minimum absolute atomic E-state index is 0.262. The van der Waals surface area contributed by atoms with Gasteiger partial charge in [-0.15, -0.1) is 10.2 Å². The Morgan fingerprint density at radius 3 is 2.03 bits per heavy atom. The lowest BCUT2D eigenvalue weighted by Gasteiger charge is -2.43. The Hall–Kier alpha value is -4.85. The van der Waals surface area contributed by atoms with Crippen molar-refractivity contribution in [3.05, 3.63) is 48.7 Å². The number of hydrogen-bond acceptors (Lipinski definition) is 18. The fourth-order valence-corrected chi connectivity index (χ4v) is 8.42. The fraction of sp³-hybridized carbons (Fsp3) is 0.659. The van der Waals surface area contributed by atoms with E-state index in [1.807, 2.05) is 25.3 Å². The number of hydrogen-bond donors (Lipinski definition) is 1. The van der Waals surface area contributed by atoms with Gasteiger partial charge in [-0.1, -0.05) is 6.07 Å². The molecule has 4 aromatic rings. The van der Waals surface area contributed by atoms with Gasteiger partial charge in [0.05, 0.1) is 110 Å². The van der Waals surface area contributed by atoms with Crippen LogP contribution in [0.4, 0.5) is 11.6 Å². The topological polar surface area (TPSA) is 209 Å². The summed E-state index contributed by atoms with van der Waals surface area (Å²) in [6, 6.07) is 9.61. The van der Waals surface area contributed by atoms with E-state index < -0.39 is 0 Å². The number of nitriles is 1. The molecule has 0 radical (unpaired) electrons.